The van der Waals surface area contributed by atoms with E-state index >= 15 is 0 Å². The molecule has 16 heteroatoms. The molecule has 1 aliphatic heterocycles. The monoisotopic (exact) mass is 526 g/mol. The fourth-order valence-electron chi connectivity index (χ4n) is 4.13. The molecule has 2 aromatic rings. The lowest BCUT2D eigenvalue weighted by Gasteiger charge is -2.18. The Hall–Kier alpha value is -1.11. The molecule has 1 saturated heterocycles. The summed E-state index contributed by atoms with van der Waals surface area (Å²) in [5.41, 5.74) is 0.987. The van der Waals surface area contributed by atoms with E-state index in [1.165, 1.54) is 17.0 Å². The van der Waals surface area contributed by atoms with Crippen LogP contribution in [0, 0.1) is 0 Å². The Balaban J connectivity index is 1.53. The Labute approximate surface area is 193 Å². The van der Waals surface area contributed by atoms with Gasteiger partial charge >= 0.3 is 15.2 Å². The molecule has 2 aromatic heterocycles. The number of halogens is 1. The van der Waals surface area contributed by atoms with Crippen LogP contribution in [0.5, 0.6) is 0 Å². The number of hydrogen-bond donors (Lipinski definition) is 6. The molecule has 1 unspecified atom stereocenters. The third kappa shape index (κ3) is 5.76. The Morgan fingerprint density at radius 2 is 1.91 bits per heavy atom. The summed E-state index contributed by atoms with van der Waals surface area (Å²) in [4.78, 5) is 36.1. The number of hydrogen-bond acceptors (Lipinski definition) is 9. The number of nitrogens with one attached hydrogen (secondary N) is 1. The van der Waals surface area contributed by atoms with Gasteiger partial charge < -0.3 is 44.0 Å². The highest BCUT2D eigenvalue weighted by Crippen LogP contribution is 2.55. The maximum atomic E-state index is 11.9. The zero-order valence-electron chi connectivity index (χ0n) is 17.3. The zero-order valence-corrected chi connectivity index (χ0v) is 19.8. The number of imidazole rings is 1. The van der Waals surface area contributed by atoms with Crippen molar-refractivity contribution in [2.75, 3.05) is 17.8 Å². The van der Waals surface area contributed by atoms with Crippen molar-refractivity contribution in [1.82, 2.24) is 14.5 Å². The molecule has 184 valence electrons. The van der Waals surface area contributed by atoms with Crippen molar-refractivity contribution in [3.8, 4) is 0 Å². The Morgan fingerprint density at radius 3 is 2.58 bits per heavy atom. The molecule has 13 nitrogen and oxygen atoms in total. The SMILES string of the molecule is O=P(O)(O)CP(=O)(O)OC[C@H]1O[C@@H](n2cnc3c(NC4CCCC4)nc(Cl)cc32)[C@H](O)[C@@H]1O. The maximum absolute atomic E-state index is 11.9. The first-order chi connectivity index (χ1) is 15.4. The minimum atomic E-state index is -4.80. The lowest BCUT2D eigenvalue weighted by Crippen LogP contribution is -2.33. The van der Waals surface area contributed by atoms with Crippen LogP contribution in [0.3, 0.4) is 0 Å². The number of pyridine rings is 1. The van der Waals surface area contributed by atoms with E-state index in [0.717, 1.165) is 25.7 Å². The fourth-order valence-corrected chi connectivity index (χ4v) is 6.88. The Morgan fingerprint density at radius 1 is 1.21 bits per heavy atom. The van der Waals surface area contributed by atoms with Gasteiger partial charge in [-0.15, -0.1) is 0 Å². The van der Waals surface area contributed by atoms with Gasteiger partial charge in [-0.25, -0.2) is 9.97 Å². The lowest BCUT2D eigenvalue weighted by molar-refractivity contribution is -0.0481. The highest BCUT2D eigenvalue weighted by Gasteiger charge is 2.45. The Kier molecular flexibility index (Phi) is 7.20. The summed E-state index contributed by atoms with van der Waals surface area (Å²) in [7, 11) is -9.45. The minimum absolute atomic E-state index is 0.191. The van der Waals surface area contributed by atoms with Gasteiger partial charge in [0.25, 0.3) is 0 Å². The van der Waals surface area contributed by atoms with Gasteiger partial charge in [-0.3, -0.25) is 9.13 Å². The van der Waals surface area contributed by atoms with Crippen LogP contribution in [0.1, 0.15) is 31.9 Å². The molecule has 0 bridgehead atoms. The summed E-state index contributed by atoms with van der Waals surface area (Å²) in [6.45, 7) is -0.675. The van der Waals surface area contributed by atoms with Crippen LogP contribution in [0.2, 0.25) is 5.15 Å². The van der Waals surface area contributed by atoms with Gasteiger partial charge in [-0.1, -0.05) is 24.4 Å². The number of rotatable bonds is 8. The van der Waals surface area contributed by atoms with Crippen molar-refractivity contribution in [2.24, 2.45) is 0 Å². The number of nitrogens with zero attached hydrogens (tertiary/aromatic N) is 3. The molecular weight excluding hydrogens is 502 g/mol. The smallest absolute Gasteiger partial charge is 0.340 e. The number of aromatic nitrogens is 3. The molecule has 0 spiro atoms. The molecule has 6 N–H and O–H groups in total. The second-order valence-electron chi connectivity index (χ2n) is 8.22. The average molecular weight is 527 g/mol. The second kappa shape index (κ2) is 9.50. The predicted octanol–water partition coefficient (Wildman–Crippen LogP) is 1.40. The van der Waals surface area contributed by atoms with E-state index < -0.39 is 52.2 Å². The van der Waals surface area contributed by atoms with Crippen molar-refractivity contribution in [2.45, 2.75) is 56.3 Å². The number of aliphatic hydroxyl groups excluding tert-OH is 2. The quantitative estimate of drug-likeness (QED) is 0.214. The van der Waals surface area contributed by atoms with Crippen LogP contribution in [0.15, 0.2) is 12.4 Å². The van der Waals surface area contributed by atoms with E-state index in [1.54, 1.807) is 0 Å². The van der Waals surface area contributed by atoms with Gasteiger partial charge in [0.1, 0.15) is 29.0 Å². The number of anilines is 1. The van der Waals surface area contributed by atoms with E-state index in [1.807, 2.05) is 0 Å². The molecule has 4 rings (SSSR count). The third-order valence-corrected chi connectivity index (χ3v) is 9.29. The van der Waals surface area contributed by atoms with E-state index in [2.05, 4.69) is 15.3 Å². The second-order valence-corrected chi connectivity index (χ2v) is 12.6. The summed E-state index contributed by atoms with van der Waals surface area (Å²) in [6, 6.07) is 1.79. The van der Waals surface area contributed by atoms with Crippen LogP contribution in [-0.4, -0.2) is 76.3 Å². The normalized spacial score (nSPS) is 28.4. The summed E-state index contributed by atoms with van der Waals surface area (Å²) < 4.78 is 34.7. The van der Waals surface area contributed by atoms with Gasteiger partial charge in [-0.2, -0.15) is 0 Å². The van der Waals surface area contributed by atoms with Crippen LogP contribution in [-0.2, 0) is 18.4 Å². The van der Waals surface area contributed by atoms with E-state index in [9.17, 15) is 24.2 Å². The van der Waals surface area contributed by atoms with Crippen molar-refractivity contribution >= 4 is 43.6 Å². The summed E-state index contributed by atoms with van der Waals surface area (Å²) in [5, 5.41) is 24.4. The zero-order chi connectivity index (χ0) is 24.0. The molecule has 0 radical (unpaired) electrons. The van der Waals surface area contributed by atoms with Crippen LogP contribution in [0.4, 0.5) is 5.82 Å². The molecule has 0 aromatic carbocycles. The minimum Gasteiger partial charge on any atom is -0.387 e. The summed E-state index contributed by atoms with van der Waals surface area (Å²) in [6.07, 6.45) is 0.324. The first-order valence-corrected chi connectivity index (χ1v) is 14.2. The fraction of sp³-hybridized carbons (Fsp3) is 0.647. The van der Waals surface area contributed by atoms with Gasteiger partial charge in [0.05, 0.1) is 18.5 Å². The molecule has 2 fully saturated rings. The lowest BCUT2D eigenvalue weighted by atomic mass is 10.1. The van der Waals surface area contributed by atoms with Crippen molar-refractivity contribution in [3.63, 3.8) is 0 Å². The van der Waals surface area contributed by atoms with Gasteiger partial charge in [0.2, 0.25) is 0 Å². The molecular formula is C17H25ClN4O9P2. The van der Waals surface area contributed by atoms with Crippen LogP contribution < -0.4 is 5.32 Å². The highest BCUT2D eigenvalue weighted by molar-refractivity contribution is 7.70. The molecule has 0 amide bonds. The first-order valence-electron chi connectivity index (χ1n) is 10.3. The molecule has 5 atom stereocenters. The van der Waals surface area contributed by atoms with Crippen molar-refractivity contribution in [3.05, 3.63) is 17.5 Å². The molecule has 1 saturated carbocycles. The topological polar surface area (TPSA) is 196 Å². The molecule has 1 aliphatic carbocycles. The first kappa shape index (κ1) is 25.0. The molecule has 3 heterocycles. The Bertz CT molecular complexity index is 1110. The standard InChI is InChI=1S/C17H25ClN4O9P2/c18-12-5-10-13(16(21-12)20-9-3-1-2-4-9)19-7-22(10)17-15(24)14(23)11(31-17)6-30-33(28,29)8-32(25,26)27/h5,7,9,11,14-15,17,23-24H,1-4,6,8H2,(H,20,21)(H,28,29)(H2,25,26,27)/t11-,14-,15-,17-/m1/s1. The highest BCUT2D eigenvalue weighted by atomic mass is 35.5. The van der Waals surface area contributed by atoms with E-state index in [-0.39, 0.29) is 11.2 Å². The number of ether oxygens (including phenoxy) is 1. The molecule has 2 aliphatic rings. The van der Waals surface area contributed by atoms with Gasteiger partial charge in [0, 0.05) is 12.1 Å². The van der Waals surface area contributed by atoms with Crippen molar-refractivity contribution in [1.29, 1.82) is 0 Å². The maximum Gasteiger partial charge on any atom is 0.340 e. The number of aliphatic hydroxyl groups is 2. The van der Waals surface area contributed by atoms with Crippen LogP contribution in [0.25, 0.3) is 11.0 Å². The van der Waals surface area contributed by atoms with Crippen molar-refractivity contribution < 1.29 is 43.3 Å². The van der Waals surface area contributed by atoms with Gasteiger partial charge in [0.15, 0.2) is 17.9 Å². The number of fused-ring (bicyclic) bond motifs is 1. The third-order valence-electron chi connectivity index (χ3n) is 5.64. The largest absolute Gasteiger partial charge is 0.387 e. The summed E-state index contributed by atoms with van der Waals surface area (Å²) in [5.74, 6) is -0.877. The van der Waals surface area contributed by atoms with E-state index in [4.69, 9.17) is 30.6 Å². The summed E-state index contributed by atoms with van der Waals surface area (Å²) >= 11 is 6.20. The molecule has 33 heavy (non-hydrogen) atoms. The average Bonchev–Trinajstić information content (AvgIpc) is 3.40. The predicted molar refractivity (Wildman–Crippen MR) is 117 cm³/mol. The van der Waals surface area contributed by atoms with Crippen LogP contribution >= 0.6 is 26.8 Å². The van der Waals surface area contributed by atoms with E-state index in [0.29, 0.717) is 16.9 Å². The van der Waals surface area contributed by atoms with Gasteiger partial charge in [-0.05, 0) is 12.8 Å².